The molecule has 1 heterocycles. The van der Waals surface area contributed by atoms with E-state index in [0.29, 0.717) is 12.4 Å². The Morgan fingerprint density at radius 3 is 2.28 bits per heavy atom. The van der Waals surface area contributed by atoms with Gasteiger partial charge >= 0.3 is 7.12 Å². The van der Waals surface area contributed by atoms with Crippen molar-refractivity contribution in [1.29, 1.82) is 5.26 Å². The zero-order valence-electron chi connectivity index (χ0n) is 17.4. The van der Waals surface area contributed by atoms with Crippen molar-refractivity contribution in [3.8, 4) is 11.8 Å². The fourth-order valence-corrected chi connectivity index (χ4v) is 3.23. The highest BCUT2D eigenvalue weighted by Gasteiger charge is 2.51. The molecule has 0 aliphatic carbocycles. The molecule has 0 N–H and O–H groups in total. The van der Waals surface area contributed by atoms with Crippen LogP contribution in [0, 0.1) is 17.9 Å². The van der Waals surface area contributed by atoms with E-state index >= 15 is 0 Å². The second-order valence-electron chi connectivity index (χ2n) is 8.18. The molecule has 0 spiro atoms. The van der Waals surface area contributed by atoms with E-state index in [2.05, 4.69) is 10.9 Å². The topological polar surface area (TPSA) is 55.8 Å². The van der Waals surface area contributed by atoms with Crippen LogP contribution in [0.2, 0.25) is 0 Å². The molecule has 2 aromatic rings. The highest BCUT2D eigenvalue weighted by molar-refractivity contribution is 6.62. The van der Waals surface area contributed by atoms with Crippen LogP contribution in [-0.4, -0.2) is 18.3 Å². The molecule has 1 saturated heterocycles. The SMILES string of the molecule is [C-]#[N+]Cc1cc(B2OC(C)(C)C(C)(C)O2)cc(CC#N)c1OCc1ccccc1. The van der Waals surface area contributed by atoms with Crippen LogP contribution in [0.15, 0.2) is 42.5 Å². The summed E-state index contributed by atoms with van der Waals surface area (Å²) in [5.41, 5.74) is 2.40. The quantitative estimate of drug-likeness (QED) is 0.554. The van der Waals surface area contributed by atoms with Crippen molar-refractivity contribution in [3.63, 3.8) is 0 Å². The summed E-state index contributed by atoms with van der Waals surface area (Å²) in [5.74, 6) is 0.603. The molecule has 3 rings (SSSR count). The molecular formula is C23H25BN2O3. The first-order valence-electron chi connectivity index (χ1n) is 9.65. The summed E-state index contributed by atoms with van der Waals surface area (Å²) in [6.45, 7) is 15.9. The van der Waals surface area contributed by atoms with Gasteiger partial charge in [-0.2, -0.15) is 5.26 Å². The van der Waals surface area contributed by atoms with Gasteiger partial charge in [0.25, 0.3) is 0 Å². The van der Waals surface area contributed by atoms with Crippen LogP contribution >= 0.6 is 0 Å². The Balaban J connectivity index is 1.97. The molecule has 5 nitrogen and oxygen atoms in total. The number of nitriles is 1. The molecule has 0 amide bonds. The fourth-order valence-electron chi connectivity index (χ4n) is 3.23. The van der Waals surface area contributed by atoms with E-state index in [4.69, 9.17) is 20.6 Å². The van der Waals surface area contributed by atoms with E-state index in [9.17, 15) is 5.26 Å². The van der Waals surface area contributed by atoms with E-state index in [1.165, 1.54) is 0 Å². The lowest BCUT2D eigenvalue weighted by Gasteiger charge is -2.32. The third-order valence-electron chi connectivity index (χ3n) is 5.54. The highest BCUT2D eigenvalue weighted by atomic mass is 16.7. The van der Waals surface area contributed by atoms with Crippen molar-refractivity contribution in [1.82, 2.24) is 0 Å². The van der Waals surface area contributed by atoms with Gasteiger partial charge in [0.15, 0.2) is 0 Å². The number of rotatable bonds is 6. The lowest BCUT2D eigenvalue weighted by molar-refractivity contribution is 0.00578. The maximum absolute atomic E-state index is 9.34. The van der Waals surface area contributed by atoms with E-state index in [1.54, 1.807) is 0 Å². The van der Waals surface area contributed by atoms with Gasteiger partial charge in [-0.05, 0) is 44.8 Å². The van der Waals surface area contributed by atoms with Gasteiger partial charge in [0.05, 0.1) is 29.3 Å². The number of nitrogens with zero attached hydrogens (tertiary/aromatic N) is 2. The number of benzene rings is 2. The minimum Gasteiger partial charge on any atom is -0.488 e. The molecule has 0 bridgehead atoms. The van der Waals surface area contributed by atoms with Crippen molar-refractivity contribution in [3.05, 3.63) is 70.6 Å². The van der Waals surface area contributed by atoms with Gasteiger partial charge in [0.2, 0.25) is 6.54 Å². The van der Waals surface area contributed by atoms with Crippen LogP contribution in [-0.2, 0) is 28.9 Å². The summed E-state index contributed by atoms with van der Waals surface area (Å²) in [4.78, 5) is 3.55. The van der Waals surface area contributed by atoms with Crippen LogP contribution in [0.3, 0.4) is 0 Å². The lowest BCUT2D eigenvalue weighted by Crippen LogP contribution is -2.41. The van der Waals surface area contributed by atoms with E-state index < -0.39 is 18.3 Å². The Labute approximate surface area is 173 Å². The Hall–Kier alpha value is -2.80. The van der Waals surface area contributed by atoms with Gasteiger partial charge in [-0.25, -0.2) is 6.57 Å². The second-order valence-corrected chi connectivity index (χ2v) is 8.18. The van der Waals surface area contributed by atoms with Crippen LogP contribution < -0.4 is 10.2 Å². The van der Waals surface area contributed by atoms with Gasteiger partial charge in [0.1, 0.15) is 12.4 Å². The van der Waals surface area contributed by atoms with Crippen LogP contribution in [0.5, 0.6) is 5.75 Å². The van der Waals surface area contributed by atoms with Gasteiger partial charge < -0.3 is 18.9 Å². The molecule has 0 radical (unpaired) electrons. The largest absolute Gasteiger partial charge is 0.494 e. The summed E-state index contributed by atoms with van der Waals surface area (Å²) in [5, 5.41) is 9.34. The van der Waals surface area contributed by atoms with Crippen LogP contribution in [0.25, 0.3) is 4.85 Å². The molecule has 0 atom stereocenters. The monoisotopic (exact) mass is 388 g/mol. The molecule has 0 unspecified atom stereocenters. The molecule has 148 valence electrons. The summed E-state index contributed by atoms with van der Waals surface area (Å²) in [7, 11) is -0.551. The minimum atomic E-state index is -0.551. The molecule has 0 aromatic heterocycles. The van der Waals surface area contributed by atoms with Crippen LogP contribution in [0.1, 0.15) is 44.4 Å². The van der Waals surface area contributed by atoms with E-state index in [-0.39, 0.29) is 13.0 Å². The predicted molar refractivity (Wildman–Crippen MR) is 113 cm³/mol. The van der Waals surface area contributed by atoms with Gasteiger partial charge in [-0.15, -0.1) is 0 Å². The third-order valence-corrected chi connectivity index (χ3v) is 5.54. The average Bonchev–Trinajstić information content (AvgIpc) is 2.89. The number of ether oxygens (including phenoxy) is 1. The second kappa shape index (κ2) is 8.29. The fraction of sp³-hybridized carbons (Fsp3) is 0.391. The maximum atomic E-state index is 9.34. The zero-order valence-corrected chi connectivity index (χ0v) is 17.4. The van der Waals surface area contributed by atoms with E-state index in [0.717, 1.165) is 22.2 Å². The van der Waals surface area contributed by atoms with Gasteiger partial charge in [-0.3, -0.25) is 0 Å². The number of hydrogen-bond acceptors (Lipinski definition) is 4. The molecular weight excluding hydrogens is 363 g/mol. The first-order valence-corrected chi connectivity index (χ1v) is 9.65. The van der Waals surface area contributed by atoms with Gasteiger partial charge in [-0.1, -0.05) is 36.4 Å². The molecule has 6 heteroatoms. The Morgan fingerprint density at radius 1 is 1.07 bits per heavy atom. The summed E-state index contributed by atoms with van der Waals surface area (Å²) in [6.07, 6.45) is 0.183. The highest BCUT2D eigenvalue weighted by Crippen LogP contribution is 2.37. The van der Waals surface area contributed by atoms with Crippen molar-refractivity contribution in [2.75, 3.05) is 0 Å². The Kier molecular flexibility index (Phi) is 5.98. The molecule has 0 saturated carbocycles. The van der Waals surface area contributed by atoms with E-state index in [1.807, 2.05) is 70.2 Å². The van der Waals surface area contributed by atoms with Crippen molar-refractivity contribution in [2.24, 2.45) is 0 Å². The Morgan fingerprint density at radius 2 is 1.69 bits per heavy atom. The maximum Gasteiger partial charge on any atom is 0.494 e. The first-order chi connectivity index (χ1) is 13.8. The molecule has 1 aliphatic heterocycles. The number of hydrogen-bond donors (Lipinski definition) is 0. The lowest BCUT2D eigenvalue weighted by atomic mass is 9.77. The summed E-state index contributed by atoms with van der Waals surface area (Å²) >= 11 is 0. The minimum absolute atomic E-state index is 0.163. The summed E-state index contributed by atoms with van der Waals surface area (Å²) in [6, 6.07) is 15.8. The third kappa shape index (κ3) is 4.45. The molecule has 2 aromatic carbocycles. The molecule has 29 heavy (non-hydrogen) atoms. The van der Waals surface area contributed by atoms with Crippen molar-refractivity contribution in [2.45, 2.75) is 58.5 Å². The first kappa shape index (κ1) is 20.9. The van der Waals surface area contributed by atoms with Crippen molar-refractivity contribution >= 4 is 12.6 Å². The van der Waals surface area contributed by atoms with Crippen molar-refractivity contribution < 1.29 is 14.0 Å². The standard InChI is InChI=1S/C23H25BN2O3/c1-22(2)23(3,4)29-24(28-22)20-13-18(11-12-25)21(19(14-20)15-26-5)27-16-17-9-7-6-8-10-17/h6-10,13-14H,11,15-16H2,1-4H3. The zero-order chi connectivity index (χ0) is 21.1. The normalized spacial score (nSPS) is 16.8. The van der Waals surface area contributed by atoms with Gasteiger partial charge in [0, 0.05) is 5.56 Å². The average molecular weight is 388 g/mol. The van der Waals surface area contributed by atoms with Crippen LogP contribution in [0.4, 0.5) is 0 Å². The molecule has 1 fully saturated rings. The Bertz CT molecular complexity index is 905. The smallest absolute Gasteiger partial charge is 0.488 e. The molecule has 1 aliphatic rings. The summed E-state index contributed by atoms with van der Waals surface area (Å²) < 4.78 is 18.4. The predicted octanol–water partition coefficient (Wildman–Crippen LogP) is 4.05.